The Morgan fingerprint density at radius 1 is 1.17 bits per heavy atom. The molecule has 6 heteroatoms. The fraction of sp³-hybridized carbons (Fsp3) is 0.348. The third-order valence-corrected chi connectivity index (χ3v) is 5.23. The summed E-state index contributed by atoms with van der Waals surface area (Å²) in [6.07, 6.45) is 1.78. The Hall–Kier alpha value is -2.99. The zero-order valence-corrected chi connectivity index (χ0v) is 16.7. The Balaban J connectivity index is 1.22. The Kier molecular flexibility index (Phi) is 6.00. The second kappa shape index (κ2) is 9.01. The number of aryl methyl sites for hydroxylation is 2. The summed E-state index contributed by atoms with van der Waals surface area (Å²) in [5.74, 6) is 1.09. The number of likely N-dealkylation sites (tertiary alicyclic amines) is 1. The molecule has 29 heavy (non-hydrogen) atoms. The highest BCUT2D eigenvalue weighted by atomic mass is 16.5. The van der Waals surface area contributed by atoms with Gasteiger partial charge in [-0.05, 0) is 18.9 Å². The first kappa shape index (κ1) is 19.3. The van der Waals surface area contributed by atoms with Crippen molar-refractivity contribution in [3.05, 3.63) is 71.6 Å². The maximum absolute atomic E-state index is 12.3. The van der Waals surface area contributed by atoms with Gasteiger partial charge in [-0.15, -0.1) is 0 Å². The molecule has 1 aliphatic rings. The number of rotatable bonds is 7. The number of benzene rings is 2. The van der Waals surface area contributed by atoms with Crippen molar-refractivity contribution in [1.29, 1.82) is 0 Å². The van der Waals surface area contributed by atoms with E-state index >= 15 is 0 Å². The van der Waals surface area contributed by atoms with Gasteiger partial charge in [0.05, 0.1) is 0 Å². The lowest BCUT2D eigenvalue weighted by Gasteiger charge is -2.16. The van der Waals surface area contributed by atoms with Gasteiger partial charge in [-0.25, -0.2) is 0 Å². The van der Waals surface area contributed by atoms with Gasteiger partial charge in [0, 0.05) is 44.1 Å². The van der Waals surface area contributed by atoms with Crippen molar-refractivity contribution in [3.63, 3.8) is 0 Å². The van der Waals surface area contributed by atoms with Crippen LogP contribution >= 0.6 is 0 Å². The third kappa shape index (κ3) is 5.29. The van der Waals surface area contributed by atoms with Crippen LogP contribution in [0.4, 0.5) is 0 Å². The van der Waals surface area contributed by atoms with Crippen LogP contribution in [0, 0.1) is 6.92 Å². The van der Waals surface area contributed by atoms with Gasteiger partial charge in [0.25, 0.3) is 0 Å². The molecule has 1 fully saturated rings. The largest absolute Gasteiger partial charge is 0.352 e. The van der Waals surface area contributed by atoms with Crippen molar-refractivity contribution in [2.75, 3.05) is 13.1 Å². The standard InChI is InChI=1S/C23H26N4O2/c1-17-7-9-19(10-8-17)23-25-22(29-26-23)12-11-21(28)24-20-13-14-27(16-20)15-18-5-3-2-4-6-18/h2-10,20H,11-16H2,1H3,(H,24,28). The number of hydrogen-bond acceptors (Lipinski definition) is 5. The molecule has 6 nitrogen and oxygen atoms in total. The zero-order chi connectivity index (χ0) is 20.1. The summed E-state index contributed by atoms with van der Waals surface area (Å²) in [5.41, 5.74) is 3.41. The number of amides is 1. The molecular weight excluding hydrogens is 364 g/mol. The van der Waals surface area contributed by atoms with Crippen LogP contribution in [0.1, 0.15) is 29.9 Å². The third-order valence-electron chi connectivity index (χ3n) is 5.23. The van der Waals surface area contributed by atoms with Gasteiger partial charge in [-0.3, -0.25) is 9.69 Å². The van der Waals surface area contributed by atoms with Crippen LogP contribution in [-0.2, 0) is 17.8 Å². The van der Waals surface area contributed by atoms with Gasteiger partial charge in [-0.2, -0.15) is 4.98 Å². The number of aromatic nitrogens is 2. The van der Waals surface area contributed by atoms with Gasteiger partial charge in [0.15, 0.2) is 0 Å². The van der Waals surface area contributed by atoms with E-state index in [4.69, 9.17) is 4.52 Å². The molecule has 1 N–H and O–H groups in total. The molecule has 150 valence electrons. The van der Waals surface area contributed by atoms with E-state index in [0.717, 1.165) is 31.6 Å². The summed E-state index contributed by atoms with van der Waals surface area (Å²) in [4.78, 5) is 19.1. The fourth-order valence-electron chi connectivity index (χ4n) is 3.63. The van der Waals surface area contributed by atoms with Gasteiger partial charge in [0.2, 0.25) is 17.6 Å². The van der Waals surface area contributed by atoms with E-state index in [0.29, 0.717) is 24.6 Å². The highest BCUT2D eigenvalue weighted by molar-refractivity contribution is 5.76. The maximum atomic E-state index is 12.3. The average Bonchev–Trinajstić information content (AvgIpc) is 3.37. The lowest BCUT2D eigenvalue weighted by Crippen LogP contribution is -2.37. The minimum absolute atomic E-state index is 0.0339. The van der Waals surface area contributed by atoms with Crippen LogP contribution in [0.3, 0.4) is 0 Å². The summed E-state index contributed by atoms with van der Waals surface area (Å²) in [6, 6.07) is 18.6. The highest BCUT2D eigenvalue weighted by Crippen LogP contribution is 2.17. The van der Waals surface area contributed by atoms with Crippen molar-refractivity contribution < 1.29 is 9.32 Å². The monoisotopic (exact) mass is 390 g/mol. The van der Waals surface area contributed by atoms with Crippen LogP contribution < -0.4 is 5.32 Å². The van der Waals surface area contributed by atoms with E-state index in [9.17, 15) is 4.79 Å². The molecular formula is C23H26N4O2. The molecule has 3 aromatic rings. The van der Waals surface area contributed by atoms with Gasteiger partial charge < -0.3 is 9.84 Å². The molecule has 2 aromatic carbocycles. The van der Waals surface area contributed by atoms with Crippen LogP contribution in [-0.4, -0.2) is 40.1 Å². The predicted molar refractivity (Wildman–Crippen MR) is 111 cm³/mol. The Morgan fingerprint density at radius 3 is 2.76 bits per heavy atom. The van der Waals surface area contributed by atoms with Crippen molar-refractivity contribution in [3.8, 4) is 11.4 Å². The normalized spacial score (nSPS) is 16.8. The molecule has 1 atom stereocenters. The lowest BCUT2D eigenvalue weighted by atomic mass is 10.1. The minimum Gasteiger partial charge on any atom is -0.352 e. The summed E-state index contributed by atoms with van der Waals surface area (Å²) in [6.45, 7) is 4.86. The number of nitrogens with zero attached hydrogens (tertiary/aromatic N) is 3. The first-order chi connectivity index (χ1) is 14.2. The number of nitrogens with one attached hydrogen (secondary N) is 1. The fourth-order valence-corrected chi connectivity index (χ4v) is 3.63. The highest BCUT2D eigenvalue weighted by Gasteiger charge is 2.24. The first-order valence-corrected chi connectivity index (χ1v) is 10.1. The molecule has 1 aliphatic heterocycles. The molecule has 0 saturated carbocycles. The Bertz CT molecular complexity index is 937. The van der Waals surface area contributed by atoms with Crippen molar-refractivity contribution in [2.24, 2.45) is 0 Å². The molecule has 1 unspecified atom stereocenters. The summed E-state index contributed by atoms with van der Waals surface area (Å²) >= 11 is 0. The van der Waals surface area contributed by atoms with Crippen molar-refractivity contribution in [2.45, 2.75) is 38.8 Å². The SMILES string of the molecule is Cc1ccc(-c2noc(CCC(=O)NC3CCN(Cc4ccccc4)C3)n2)cc1. The molecule has 1 saturated heterocycles. The van der Waals surface area contributed by atoms with Crippen molar-refractivity contribution >= 4 is 5.91 Å². The molecule has 0 bridgehead atoms. The number of carbonyl (C=O) groups excluding carboxylic acids is 1. The molecule has 0 spiro atoms. The predicted octanol–water partition coefficient (Wildman–Crippen LogP) is 3.37. The molecule has 2 heterocycles. The second-order valence-electron chi connectivity index (χ2n) is 7.65. The van der Waals surface area contributed by atoms with Crippen molar-refractivity contribution in [1.82, 2.24) is 20.4 Å². The molecule has 1 aromatic heterocycles. The maximum Gasteiger partial charge on any atom is 0.227 e. The summed E-state index contributed by atoms with van der Waals surface area (Å²) < 4.78 is 5.30. The average molecular weight is 390 g/mol. The topological polar surface area (TPSA) is 71.3 Å². The number of hydrogen-bond donors (Lipinski definition) is 1. The first-order valence-electron chi connectivity index (χ1n) is 10.1. The lowest BCUT2D eigenvalue weighted by molar-refractivity contribution is -0.121. The summed E-state index contributed by atoms with van der Waals surface area (Å²) in [7, 11) is 0. The minimum atomic E-state index is 0.0339. The second-order valence-corrected chi connectivity index (χ2v) is 7.65. The van der Waals surface area contributed by atoms with Crippen LogP contribution in [0.15, 0.2) is 59.1 Å². The Labute approximate surface area is 170 Å². The molecule has 4 rings (SSSR count). The van der Waals surface area contributed by atoms with E-state index in [2.05, 4.69) is 44.6 Å². The molecule has 0 radical (unpaired) electrons. The van der Waals surface area contributed by atoms with Gasteiger partial charge in [0.1, 0.15) is 0 Å². The smallest absolute Gasteiger partial charge is 0.227 e. The van der Waals surface area contributed by atoms with Gasteiger partial charge >= 0.3 is 0 Å². The Morgan fingerprint density at radius 2 is 1.97 bits per heavy atom. The van der Waals surface area contributed by atoms with Crippen LogP contribution in [0.5, 0.6) is 0 Å². The molecule has 1 amide bonds. The van der Waals surface area contributed by atoms with E-state index in [1.165, 1.54) is 11.1 Å². The number of carbonyl (C=O) groups is 1. The van der Waals surface area contributed by atoms with E-state index in [-0.39, 0.29) is 11.9 Å². The van der Waals surface area contributed by atoms with E-state index in [1.54, 1.807) is 0 Å². The summed E-state index contributed by atoms with van der Waals surface area (Å²) in [5, 5.41) is 7.16. The van der Waals surface area contributed by atoms with Crippen LogP contribution in [0.25, 0.3) is 11.4 Å². The molecule has 0 aliphatic carbocycles. The van der Waals surface area contributed by atoms with E-state index in [1.807, 2.05) is 37.3 Å². The quantitative estimate of drug-likeness (QED) is 0.670. The zero-order valence-electron chi connectivity index (χ0n) is 16.7. The van der Waals surface area contributed by atoms with Crippen LogP contribution in [0.2, 0.25) is 0 Å². The van der Waals surface area contributed by atoms with E-state index < -0.39 is 0 Å². The van der Waals surface area contributed by atoms with Gasteiger partial charge in [-0.1, -0.05) is 65.3 Å².